The van der Waals surface area contributed by atoms with Crippen molar-refractivity contribution in [3.05, 3.63) is 52.0 Å². The molecule has 2 rings (SSSR count). The van der Waals surface area contributed by atoms with Crippen molar-refractivity contribution in [3.8, 4) is 11.5 Å². The number of halogens is 2. The molecule has 2 aromatic carbocycles. The van der Waals surface area contributed by atoms with Crippen LogP contribution in [-0.2, 0) is 6.42 Å². The Morgan fingerprint density at radius 1 is 1.00 bits per heavy atom. The minimum atomic E-state index is -0.314. The van der Waals surface area contributed by atoms with Crippen molar-refractivity contribution in [2.75, 3.05) is 26.1 Å². The van der Waals surface area contributed by atoms with Gasteiger partial charge in [-0.05, 0) is 24.1 Å². The molecule has 0 aliphatic heterocycles. The molecule has 5 nitrogen and oxygen atoms in total. The molecule has 0 heterocycles. The van der Waals surface area contributed by atoms with Gasteiger partial charge in [0.1, 0.15) is 11.5 Å². The molecule has 0 bridgehead atoms. The lowest BCUT2D eigenvalue weighted by Crippen LogP contribution is -2.30. The highest BCUT2D eigenvalue weighted by atomic mass is 35.5. The molecule has 0 unspecified atom stereocenters. The van der Waals surface area contributed by atoms with Gasteiger partial charge in [0.05, 0.1) is 24.3 Å². The maximum atomic E-state index is 12.0. The molecule has 24 heavy (non-hydrogen) atoms. The van der Waals surface area contributed by atoms with Crippen LogP contribution < -0.4 is 20.1 Å². The topological polar surface area (TPSA) is 59.6 Å². The SMILES string of the molecule is COc1cc(NC(=O)NCCc2ccc(Cl)c(Cl)c2)cc(OC)c1. The lowest BCUT2D eigenvalue weighted by molar-refractivity contribution is 0.252. The van der Waals surface area contributed by atoms with E-state index in [2.05, 4.69) is 10.6 Å². The number of nitrogens with one attached hydrogen (secondary N) is 2. The highest BCUT2D eigenvalue weighted by Crippen LogP contribution is 2.25. The van der Waals surface area contributed by atoms with E-state index < -0.39 is 0 Å². The molecule has 0 fully saturated rings. The molecule has 0 spiro atoms. The highest BCUT2D eigenvalue weighted by molar-refractivity contribution is 6.42. The van der Waals surface area contributed by atoms with Crippen molar-refractivity contribution in [1.29, 1.82) is 0 Å². The summed E-state index contributed by atoms with van der Waals surface area (Å²) < 4.78 is 10.3. The molecule has 2 N–H and O–H groups in total. The summed E-state index contributed by atoms with van der Waals surface area (Å²) >= 11 is 11.8. The second kappa shape index (κ2) is 8.66. The monoisotopic (exact) mass is 368 g/mol. The number of methoxy groups -OCH3 is 2. The first-order valence-electron chi connectivity index (χ1n) is 7.23. The van der Waals surface area contributed by atoms with Crippen LogP contribution in [0.25, 0.3) is 0 Å². The third-order valence-electron chi connectivity index (χ3n) is 3.29. The smallest absolute Gasteiger partial charge is 0.319 e. The first-order chi connectivity index (χ1) is 11.5. The van der Waals surface area contributed by atoms with E-state index in [1.54, 1.807) is 44.6 Å². The Balaban J connectivity index is 1.88. The third kappa shape index (κ3) is 5.22. The molecule has 0 aliphatic rings. The summed E-state index contributed by atoms with van der Waals surface area (Å²) in [5.74, 6) is 1.20. The van der Waals surface area contributed by atoms with E-state index in [1.807, 2.05) is 6.07 Å². The van der Waals surface area contributed by atoms with Gasteiger partial charge in [0.25, 0.3) is 0 Å². The minimum absolute atomic E-state index is 0.314. The molecule has 0 saturated carbocycles. The summed E-state index contributed by atoms with van der Waals surface area (Å²) in [7, 11) is 3.10. The predicted octanol–water partition coefficient (Wildman–Crippen LogP) is 4.37. The number of hydrogen-bond donors (Lipinski definition) is 2. The fourth-order valence-corrected chi connectivity index (χ4v) is 2.39. The van der Waals surface area contributed by atoms with Crippen LogP contribution in [-0.4, -0.2) is 26.8 Å². The Kier molecular flexibility index (Phi) is 6.58. The van der Waals surface area contributed by atoms with Gasteiger partial charge in [-0.25, -0.2) is 4.79 Å². The average Bonchev–Trinajstić information content (AvgIpc) is 2.57. The Labute approximate surface area is 150 Å². The fourth-order valence-electron chi connectivity index (χ4n) is 2.07. The summed E-state index contributed by atoms with van der Waals surface area (Å²) in [4.78, 5) is 12.0. The Morgan fingerprint density at radius 3 is 2.25 bits per heavy atom. The van der Waals surface area contributed by atoms with Gasteiger partial charge in [-0.1, -0.05) is 29.3 Å². The normalized spacial score (nSPS) is 10.2. The largest absolute Gasteiger partial charge is 0.497 e. The van der Waals surface area contributed by atoms with E-state index in [4.69, 9.17) is 32.7 Å². The van der Waals surface area contributed by atoms with Crippen LogP contribution in [0.15, 0.2) is 36.4 Å². The maximum absolute atomic E-state index is 12.0. The van der Waals surface area contributed by atoms with Crippen LogP contribution in [0.3, 0.4) is 0 Å². The van der Waals surface area contributed by atoms with Gasteiger partial charge in [0.15, 0.2) is 0 Å². The number of rotatable bonds is 6. The van der Waals surface area contributed by atoms with Gasteiger partial charge in [0.2, 0.25) is 0 Å². The van der Waals surface area contributed by atoms with Gasteiger partial charge >= 0.3 is 6.03 Å². The molecule has 0 atom stereocenters. The van der Waals surface area contributed by atoms with E-state index in [1.165, 1.54) is 0 Å². The summed E-state index contributed by atoms with van der Waals surface area (Å²) in [6.07, 6.45) is 0.645. The van der Waals surface area contributed by atoms with Crippen LogP contribution in [0.2, 0.25) is 10.0 Å². The van der Waals surface area contributed by atoms with Gasteiger partial charge in [-0.15, -0.1) is 0 Å². The Hall–Kier alpha value is -2.11. The number of carbonyl (C=O) groups excluding carboxylic acids is 1. The molecule has 2 amide bonds. The average molecular weight is 369 g/mol. The van der Waals surface area contributed by atoms with E-state index in [0.717, 1.165) is 5.56 Å². The molecular formula is C17H18Cl2N2O3. The number of benzene rings is 2. The molecule has 2 aromatic rings. The second-order valence-electron chi connectivity index (χ2n) is 4.98. The van der Waals surface area contributed by atoms with Crippen molar-refractivity contribution in [1.82, 2.24) is 5.32 Å². The van der Waals surface area contributed by atoms with E-state index in [0.29, 0.717) is 40.2 Å². The lowest BCUT2D eigenvalue weighted by atomic mass is 10.1. The lowest BCUT2D eigenvalue weighted by Gasteiger charge is -2.11. The minimum Gasteiger partial charge on any atom is -0.497 e. The second-order valence-corrected chi connectivity index (χ2v) is 5.80. The van der Waals surface area contributed by atoms with Gasteiger partial charge in [-0.3, -0.25) is 0 Å². The predicted molar refractivity (Wildman–Crippen MR) is 96.7 cm³/mol. The summed E-state index contributed by atoms with van der Waals surface area (Å²) in [6.45, 7) is 0.463. The standard InChI is InChI=1S/C17H18Cl2N2O3/c1-23-13-8-12(9-14(10-13)24-2)21-17(22)20-6-5-11-3-4-15(18)16(19)7-11/h3-4,7-10H,5-6H2,1-2H3,(H2,20,21,22). The number of amides is 2. The number of ether oxygens (including phenoxy) is 2. The molecular weight excluding hydrogens is 351 g/mol. The molecule has 7 heteroatoms. The van der Waals surface area contributed by atoms with Crippen molar-refractivity contribution in [2.24, 2.45) is 0 Å². The van der Waals surface area contributed by atoms with E-state index in [-0.39, 0.29) is 6.03 Å². The molecule has 128 valence electrons. The summed E-state index contributed by atoms with van der Waals surface area (Å²) in [5.41, 5.74) is 1.57. The first kappa shape index (κ1) is 18.2. The van der Waals surface area contributed by atoms with Crippen LogP contribution in [0.5, 0.6) is 11.5 Å². The van der Waals surface area contributed by atoms with Gasteiger partial charge in [0, 0.05) is 30.4 Å². The zero-order chi connectivity index (χ0) is 17.5. The first-order valence-corrected chi connectivity index (χ1v) is 7.99. The summed E-state index contributed by atoms with van der Waals surface area (Å²) in [6, 6.07) is 10.2. The quantitative estimate of drug-likeness (QED) is 0.795. The van der Waals surface area contributed by atoms with Crippen molar-refractivity contribution >= 4 is 34.9 Å². The van der Waals surface area contributed by atoms with Gasteiger partial charge in [-0.2, -0.15) is 0 Å². The third-order valence-corrected chi connectivity index (χ3v) is 4.03. The zero-order valence-corrected chi connectivity index (χ0v) is 14.9. The molecule has 0 aromatic heterocycles. The van der Waals surface area contributed by atoms with E-state index >= 15 is 0 Å². The van der Waals surface area contributed by atoms with Crippen LogP contribution >= 0.6 is 23.2 Å². The van der Waals surface area contributed by atoms with Crippen LogP contribution in [0.4, 0.5) is 10.5 Å². The maximum Gasteiger partial charge on any atom is 0.319 e. The number of anilines is 1. The Bertz CT molecular complexity index is 701. The van der Waals surface area contributed by atoms with E-state index in [9.17, 15) is 4.79 Å². The fraction of sp³-hybridized carbons (Fsp3) is 0.235. The number of hydrogen-bond acceptors (Lipinski definition) is 3. The van der Waals surface area contributed by atoms with Crippen LogP contribution in [0, 0.1) is 0 Å². The Morgan fingerprint density at radius 2 is 1.67 bits per heavy atom. The van der Waals surface area contributed by atoms with Gasteiger partial charge < -0.3 is 20.1 Å². The van der Waals surface area contributed by atoms with Crippen molar-refractivity contribution < 1.29 is 14.3 Å². The zero-order valence-electron chi connectivity index (χ0n) is 13.4. The summed E-state index contributed by atoms with van der Waals surface area (Å²) in [5, 5.41) is 6.54. The molecule has 0 radical (unpaired) electrons. The number of carbonyl (C=O) groups is 1. The van der Waals surface area contributed by atoms with Crippen molar-refractivity contribution in [3.63, 3.8) is 0 Å². The molecule has 0 aliphatic carbocycles. The van der Waals surface area contributed by atoms with Crippen molar-refractivity contribution in [2.45, 2.75) is 6.42 Å². The van der Waals surface area contributed by atoms with Crippen LogP contribution in [0.1, 0.15) is 5.56 Å². The molecule has 0 saturated heterocycles. The number of urea groups is 1. The highest BCUT2D eigenvalue weighted by Gasteiger charge is 2.06.